The van der Waals surface area contributed by atoms with Crippen LogP contribution < -0.4 is 10.6 Å². The van der Waals surface area contributed by atoms with Gasteiger partial charge in [0.15, 0.2) is 0 Å². The third-order valence-electron chi connectivity index (χ3n) is 5.54. The maximum atomic E-state index is 12.6. The molecule has 1 amide bonds. The molecule has 2 aliphatic rings. The first-order valence-electron chi connectivity index (χ1n) is 9.96. The standard InChI is InChI=1S/C20H28N6O/c27-20(19-7-12-26(24-19)18-4-2-9-22-14-18)23-17-5-10-25(11-6-17)15-16-3-1-8-21-13-16/h1,3,7-8,12-13,17-18,22H,2,4-6,9-11,14-15H2,(H,23,27). The Labute approximate surface area is 160 Å². The molecule has 4 rings (SSSR count). The predicted molar refractivity (Wildman–Crippen MR) is 103 cm³/mol. The van der Waals surface area contributed by atoms with E-state index in [1.165, 1.54) is 5.56 Å². The molecule has 0 bridgehead atoms. The van der Waals surface area contributed by atoms with E-state index in [-0.39, 0.29) is 11.9 Å². The van der Waals surface area contributed by atoms with Crippen LogP contribution in [0.3, 0.4) is 0 Å². The number of pyridine rings is 1. The Bertz CT molecular complexity index is 732. The van der Waals surface area contributed by atoms with E-state index in [0.717, 1.165) is 58.4 Å². The lowest BCUT2D eigenvalue weighted by Gasteiger charge is -2.32. The number of amides is 1. The largest absolute Gasteiger partial charge is 0.348 e. The van der Waals surface area contributed by atoms with Gasteiger partial charge in [-0.2, -0.15) is 5.10 Å². The van der Waals surface area contributed by atoms with Crippen LogP contribution in [0.25, 0.3) is 0 Å². The number of nitrogens with zero attached hydrogens (tertiary/aromatic N) is 4. The molecule has 2 N–H and O–H groups in total. The summed E-state index contributed by atoms with van der Waals surface area (Å²) in [6.45, 7) is 4.90. The molecule has 0 aliphatic carbocycles. The average molecular weight is 368 g/mol. The maximum absolute atomic E-state index is 12.6. The molecule has 2 saturated heterocycles. The lowest BCUT2D eigenvalue weighted by Crippen LogP contribution is -2.44. The van der Waals surface area contributed by atoms with Crippen molar-refractivity contribution in [3.05, 3.63) is 48.0 Å². The number of carbonyl (C=O) groups is 1. The third kappa shape index (κ3) is 4.73. The van der Waals surface area contributed by atoms with Crippen LogP contribution in [-0.4, -0.2) is 57.8 Å². The van der Waals surface area contributed by atoms with Crippen molar-refractivity contribution in [3.63, 3.8) is 0 Å². The Balaban J connectivity index is 1.25. The summed E-state index contributed by atoms with van der Waals surface area (Å²) in [6.07, 6.45) is 9.87. The summed E-state index contributed by atoms with van der Waals surface area (Å²) in [7, 11) is 0. The SMILES string of the molecule is O=C(NC1CCN(Cc2cccnc2)CC1)c1ccn(C2CCCNC2)n1. The zero-order valence-electron chi connectivity index (χ0n) is 15.7. The van der Waals surface area contributed by atoms with Crippen LogP contribution in [-0.2, 0) is 6.54 Å². The number of carbonyl (C=O) groups excluding carboxylic acids is 1. The molecule has 0 aromatic carbocycles. The molecule has 2 aliphatic heterocycles. The molecule has 2 aromatic heterocycles. The second kappa shape index (κ2) is 8.63. The molecule has 7 heteroatoms. The van der Waals surface area contributed by atoms with Crippen LogP contribution in [0.1, 0.15) is 47.8 Å². The van der Waals surface area contributed by atoms with Crippen molar-refractivity contribution in [2.24, 2.45) is 0 Å². The van der Waals surface area contributed by atoms with E-state index in [9.17, 15) is 4.79 Å². The number of likely N-dealkylation sites (tertiary alicyclic amines) is 1. The molecule has 0 saturated carbocycles. The zero-order valence-corrected chi connectivity index (χ0v) is 15.7. The number of piperidine rings is 2. The molecule has 4 heterocycles. The van der Waals surface area contributed by atoms with Gasteiger partial charge in [0.1, 0.15) is 5.69 Å². The molecule has 1 unspecified atom stereocenters. The average Bonchev–Trinajstić information content (AvgIpc) is 3.21. The summed E-state index contributed by atoms with van der Waals surface area (Å²) in [4.78, 5) is 19.2. The van der Waals surface area contributed by atoms with Crippen molar-refractivity contribution in [1.82, 2.24) is 30.3 Å². The van der Waals surface area contributed by atoms with Gasteiger partial charge >= 0.3 is 0 Å². The quantitative estimate of drug-likeness (QED) is 0.838. The highest BCUT2D eigenvalue weighted by Crippen LogP contribution is 2.17. The maximum Gasteiger partial charge on any atom is 0.271 e. The molecular formula is C20H28N6O. The summed E-state index contributed by atoms with van der Waals surface area (Å²) < 4.78 is 1.94. The lowest BCUT2D eigenvalue weighted by molar-refractivity contribution is 0.0902. The fraction of sp³-hybridized carbons (Fsp3) is 0.550. The Kier molecular flexibility index (Phi) is 5.79. The summed E-state index contributed by atoms with van der Waals surface area (Å²) in [6, 6.07) is 6.51. The summed E-state index contributed by atoms with van der Waals surface area (Å²) >= 11 is 0. The third-order valence-corrected chi connectivity index (χ3v) is 5.54. The number of hydrogen-bond acceptors (Lipinski definition) is 5. The molecule has 2 aromatic rings. The summed E-state index contributed by atoms with van der Waals surface area (Å²) in [5, 5.41) is 11.1. The van der Waals surface area contributed by atoms with E-state index in [4.69, 9.17) is 0 Å². The van der Waals surface area contributed by atoms with Gasteiger partial charge in [0, 0.05) is 50.8 Å². The summed E-state index contributed by atoms with van der Waals surface area (Å²) in [5.74, 6) is -0.0526. The van der Waals surface area contributed by atoms with Crippen LogP contribution in [0.5, 0.6) is 0 Å². The number of hydrogen-bond donors (Lipinski definition) is 2. The molecule has 0 radical (unpaired) electrons. The predicted octanol–water partition coefficient (Wildman–Crippen LogP) is 1.60. The molecule has 144 valence electrons. The highest BCUT2D eigenvalue weighted by molar-refractivity contribution is 5.92. The van der Waals surface area contributed by atoms with Gasteiger partial charge in [0.05, 0.1) is 6.04 Å². The Hall–Kier alpha value is -2.25. The van der Waals surface area contributed by atoms with Gasteiger partial charge in [-0.1, -0.05) is 6.07 Å². The van der Waals surface area contributed by atoms with Gasteiger partial charge in [-0.3, -0.25) is 19.4 Å². The molecule has 7 nitrogen and oxygen atoms in total. The minimum absolute atomic E-state index is 0.0526. The fourth-order valence-corrected chi connectivity index (χ4v) is 3.97. The second-order valence-electron chi connectivity index (χ2n) is 7.57. The topological polar surface area (TPSA) is 75.1 Å². The van der Waals surface area contributed by atoms with Crippen LogP contribution in [0.15, 0.2) is 36.8 Å². The van der Waals surface area contributed by atoms with Crippen molar-refractivity contribution < 1.29 is 4.79 Å². The Morgan fingerprint density at radius 1 is 1.26 bits per heavy atom. The van der Waals surface area contributed by atoms with Gasteiger partial charge in [-0.05, 0) is 49.9 Å². The molecule has 1 atom stereocenters. The second-order valence-corrected chi connectivity index (χ2v) is 7.57. The van der Waals surface area contributed by atoms with E-state index in [1.54, 1.807) is 6.20 Å². The van der Waals surface area contributed by atoms with Gasteiger partial charge in [-0.15, -0.1) is 0 Å². The summed E-state index contributed by atoms with van der Waals surface area (Å²) in [5.41, 5.74) is 1.76. The number of rotatable bonds is 5. The minimum atomic E-state index is -0.0526. The molecule has 27 heavy (non-hydrogen) atoms. The van der Waals surface area contributed by atoms with Crippen molar-refractivity contribution in [2.75, 3.05) is 26.2 Å². The first kappa shape index (κ1) is 18.1. The number of aromatic nitrogens is 3. The lowest BCUT2D eigenvalue weighted by atomic mass is 10.0. The van der Waals surface area contributed by atoms with Gasteiger partial charge in [0.25, 0.3) is 5.91 Å². The monoisotopic (exact) mass is 368 g/mol. The molecular weight excluding hydrogens is 340 g/mol. The van der Waals surface area contributed by atoms with E-state index in [1.807, 2.05) is 29.2 Å². The number of nitrogens with one attached hydrogen (secondary N) is 2. The first-order valence-corrected chi connectivity index (χ1v) is 9.96. The van der Waals surface area contributed by atoms with E-state index < -0.39 is 0 Å². The van der Waals surface area contributed by atoms with Crippen molar-refractivity contribution in [2.45, 2.75) is 44.3 Å². The highest BCUT2D eigenvalue weighted by Gasteiger charge is 2.23. The van der Waals surface area contributed by atoms with E-state index in [2.05, 4.69) is 31.7 Å². The van der Waals surface area contributed by atoms with Crippen molar-refractivity contribution >= 4 is 5.91 Å². The fourth-order valence-electron chi connectivity index (χ4n) is 3.97. The Morgan fingerprint density at radius 2 is 2.15 bits per heavy atom. The van der Waals surface area contributed by atoms with Crippen LogP contribution in [0.4, 0.5) is 0 Å². The molecule has 0 spiro atoms. The van der Waals surface area contributed by atoms with Gasteiger partial charge < -0.3 is 10.6 Å². The van der Waals surface area contributed by atoms with Crippen LogP contribution in [0.2, 0.25) is 0 Å². The normalized spacial score (nSPS) is 21.9. The smallest absolute Gasteiger partial charge is 0.271 e. The van der Waals surface area contributed by atoms with Gasteiger partial charge in [-0.25, -0.2) is 0 Å². The first-order chi connectivity index (χ1) is 13.3. The van der Waals surface area contributed by atoms with E-state index >= 15 is 0 Å². The highest BCUT2D eigenvalue weighted by atomic mass is 16.2. The van der Waals surface area contributed by atoms with Crippen molar-refractivity contribution in [3.8, 4) is 0 Å². The Morgan fingerprint density at radius 3 is 2.89 bits per heavy atom. The molecule has 2 fully saturated rings. The van der Waals surface area contributed by atoms with Crippen LogP contribution in [0, 0.1) is 0 Å². The van der Waals surface area contributed by atoms with Gasteiger partial charge in [0.2, 0.25) is 0 Å². The van der Waals surface area contributed by atoms with Crippen molar-refractivity contribution in [1.29, 1.82) is 0 Å². The minimum Gasteiger partial charge on any atom is -0.348 e. The van der Waals surface area contributed by atoms with E-state index in [0.29, 0.717) is 11.7 Å². The zero-order chi connectivity index (χ0) is 18.5. The van der Waals surface area contributed by atoms with Crippen LogP contribution >= 0.6 is 0 Å².